The second-order valence-corrected chi connectivity index (χ2v) is 3.93. The number of carbonyl (C=O) groups excluding carboxylic acids is 1. The summed E-state index contributed by atoms with van der Waals surface area (Å²) >= 11 is 0. The van der Waals surface area contributed by atoms with Crippen LogP contribution in [0.3, 0.4) is 0 Å². The van der Waals surface area contributed by atoms with Gasteiger partial charge in [0.1, 0.15) is 5.69 Å². The average molecular weight is 294 g/mol. The minimum absolute atomic E-state index is 0.0881. The van der Waals surface area contributed by atoms with Crippen LogP contribution in [-0.4, -0.2) is 33.6 Å². The zero-order chi connectivity index (χ0) is 16.0. The molecule has 1 aromatic rings. The Labute approximate surface area is 120 Å². The number of rotatable bonds is 6. The van der Waals surface area contributed by atoms with Gasteiger partial charge in [-0.3, -0.25) is 10.1 Å². The van der Waals surface area contributed by atoms with Crippen LogP contribution in [0.1, 0.15) is 36.3 Å². The zero-order valence-electron chi connectivity index (χ0n) is 11.5. The monoisotopic (exact) mass is 294 g/mol. The summed E-state index contributed by atoms with van der Waals surface area (Å²) in [6, 6.07) is 0.902. The van der Waals surface area contributed by atoms with Crippen molar-refractivity contribution in [1.29, 1.82) is 0 Å². The Morgan fingerprint density at radius 1 is 1.48 bits per heavy atom. The normalized spacial score (nSPS) is 11.0. The third kappa shape index (κ3) is 4.10. The molecule has 8 nitrogen and oxygen atoms in total. The molecule has 0 aliphatic carbocycles. The van der Waals surface area contributed by atoms with Gasteiger partial charge in [0.15, 0.2) is 0 Å². The number of carbonyl (C=O) groups is 2. The first-order valence-electron chi connectivity index (χ1n) is 6.16. The van der Waals surface area contributed by atoms with Crippen molar-refractivity contribution in [2.24, 2.45) is 0 Å². The topological polar surface area (TPSA) is 120 Å². The van der Waals surface area contributed by atoms with Crippen LogP contribution in [0.15, 0.2) is 17.8 Å². The number of aromatic carboxylic acids is 1. The van der Waals surface area contributed by atoms with E-state index in [1.165, 1.54) is 6.08 Å². The van der Waals surface area contributed by atoms with E-state index in [1.54, 1.807) is 13.8 Å². The van der Waals surface area contributed by atoms with E-state index in [0.29, 0.717) is 6.42 Å². The lowest BCUT2D eigenvalue weighted by Crippen LogP contribution is -2.08. The standard InChI is InChI=1S/C13H14N2O6/c1-3-8(13(18)21-4-2)5-10-11(15(19)20)6-9(7-14-10)12(16)17/h5-7H,3-4H2,1-2H3,(H,16,17). The van der Waals surface area contributed by atoms with Crippen molar-refractivity contribution in [2.75, 3.05) is 6.61 Å². The summed E-state index contributed by atoms with van der Waals surface area (Å²) in [4.78, 5) is 36.4. The van der Waals surface area contributed by atoms with Crippen LogP contribution in [0.2, 0.25) is 0 Å². The van der Waals surface area contributed by atoms with Crippen molar-refractivity contribution in [3.63, 3.8) is 0 Å². The van der Waals surface area contributed by atoms with Crippen LogP contribution < -0.4 is 0 Å². The van der Waals surface area contributed by atoms with Crippen LogP contribution in [0, 0.1) is 10.1 Å². The van der Waals surface area contributed by atoms with E-state index in [1.807, 2.05) is 0 Å². The molecule has 1 rings (SSSR count). The van der Waals surface area contributed by atoms with E-state index < -0.39 is 22.5 Å². The minimum Gasteiger partial charge on any atom is -0.478 e. The number of carboxylic acids is 1. The molecule has 1 N–H and O–H groups in total. The maximum absolute atomic E-state index is 11.7. The molecule has 0 aromatic carbocycles. The first kappa shape index (κ1) is 16.3. The van der Waals surface area contributed by atoms with E-state index in [4.69, 9.17) is 9.84 Å². The van der Waals surface area contributed by atoms with Crippen molar-refractivity contribution in [3.05, 3.63) is 39.2 Å². The van der Waals surface area contributed by atoms with E-state index in [-0.39, 0.29) is 23.4 Å². The molecule has 0 aliphatic heterocycles. The molecule has 1 heterocycles. The molecular weight excluding hydrogens is 280 g/mol. The largest absolute Gasteiger partial charge is 0.478 e. The number of hydrogen-bond donors (Lipinski definition) is 1. The van der Waals surface area contributed by atoms with Gasteiger partial charge in [-0.25, -0.2) is 14.6 Å². The Kier molecular flexibility index (Phi) is 5.53. The first-order valence-corrected chi connectivity index (χ1v) is 6.16. The number of pyridine rings is 1. The number of nitro groups is 1. The van der Waals surface area contributed by atoms with E-state index >= 15 is 0 Å². The summed E-state index contributed by atoms with van der Waals surface area (Å²) in [5.41, 5.74) is -0.649. The Hall–Kier alpha value is -2.77. The van der Waals surface area contributed by atoms with Crippen LogP contribution >= 0.6 is 0 Å². The fourth-order valence-corrected chi connectivity index (χ4v) is 1.53. The second-order valence-electron chi connectivity index (χ2n) is 3.93. The maximum Gasteiger partial charge on any atom is 0.337 e. The molecule has 0 unspecified atom stereocenters. The molecule has 8 heteroatoms. The average Bonchev–Trinajstić information content (AvgIpc) is 2.44. The molecule has 112 valence electrons. The van der Waals surface area contributed by atoms with Gasteiger partial charge in [0.25, 0.3) is 5.69 Å². The number of aromatic nitrogens is 1. The van der Waals surface area contributed by atoms with E-state index in [9.17, 15) is 19.7 Å². The highest BCUT2D eigenvalue weighted by atomic mass is 16.6. The Morgan fingerprint density at radius 2 is 2.14 bits per heavy atom. The smallest absolute Gasteiger partial charge is 0.337 e. The van der Waals surface area contributed by atoms with Crippen molar-refractivity contribution < 1.29 is 24.4 Å². The summed E-state index contributed by atoms with van der Waals surface area (Å²) < 4.78 is 4.83. The van der Waals surface area contributed by atoms with Gasteiger partial charge in [-0.05, 0) is 19.4 Å². The Morgan fingerprint density at radius 3 is 2.62 bits per heavy atom. The molecule has 0 spiro atoms. The highest BCUT2D eigenvalue weighted by molar-refractivity contribution is 5.94. The lowest BCUT2D eigenvalue weighted by Gasteiger charge is -2.05. The third-order valence-electron chi connectivity index (χ3n) is 2.57. The SMILES string of the molecule is CCOC(=O)C(=Cc1ncc(C(=O)O)cc1[N+](=O)[O-])CC. The van der Waals surface area contributed by atoms with Gasteiger partial charge in [-0.2, -0.15) is 0 Å². The van der Waals surface area contributed by atoms with E-state index in [2.05, 4.69) is 4.98 Å². The summed E-state index contributed by atoms with van der Waals surface area (Å²) in [7, 11) is 0. The highest BCUT2D eigenvalue weighted by Gasteiger charge is 2.19. The molecule has 0 radical (unpaired) electrons. The van der Waals surface area contributed by atoms with Gasteiger partial charge < -0.3 is 9.84 Å². The van der Waals surface area contributed by atoms with Crippen LogP contribution in [0.4, 0.5) is 5.69 Å². The van der Waals surface area contributed by atoms with Crippen LogP contribution in [0.5, 0.6) is 0 Å². The molecule has 0 amide bonds. The summed E-state index contributed by atoms with van der Waals surface area (Å²) in [6.45, 7) is 3.53. The van der Waals surface area contributed by atoms with Gasteiger partial charge in [-0.1, -0.05) is 6.92 Å². The van der Waals surface area contributed by atoms with Crippen LogP contribution in [-0.2, 0) is 9.53 Å². The van der Waals surface area contributed by atoms with Gasteiger partial charge in [0.05, 0.1) is 17.1 Å². The lowest BCUT2D eigenvalue weighted by molar-refractivity contribution is -0.385. The van der Waals surface area contributed by atoms with Crippen LogP contribution in [0.25, 0.3) is 6.08 Å². The number of esters is 1. The molecule has 0 saturated heterocycles. The molecular formula is C13H14N2O6. The number of ether oxygens (including phenoxy) is 1. The van der Waals surface area contributed by atoms with Gasteiger partial charge in [0.2, 0.25) is 0 Å². The quantitative estimate of drug-likeness (QED) is 0.369. The number of nitrogens with zero attached hydrogens (tertiary/aromatic N) is 2. The number of hydrogen-bond acceptors (Lipinski definition) is 6. The highest BCUT2D eigenvalue weighted by Crippen LogP contribution is 2.21. The summed E-state index contributed by atoms with van der Waals surface area (Å²) in [6.07, 6.45) is 2.54. The molecule has 1 aromatic heterocycles. The maximum atomic E-state index is 11.7. The van der Waals surface area contributed by atoms with Crippen molar-refractivity contribution in [1.82, 2.24) is 4.98 Å². The molecule has 0 saturated carbocycles. The molecule has 0 fully saturated rings. The summed E-state index contributed by atoms with van der Waals surface area (Å²) in [5.74, 6) is -1.90. The Bertz CT molecular complexity index is 609. The molecule has 0 atom stereocenters. The summed E-state index contributed by atoms with van der Waals surface area (Å²) in [5, 5.41) is 19.8. The third-order valence-corrected chi connectivity index (χ3v) is 2.57. The predicted octanol–water partition coefficient (Wildman–Crippen LogP) is 2.04. The fraction of sp³-hybridized carbons (Fsp3) is 0.308. The van der Waals surface area contributed by atoms with Crippen molar-refractivity contribution >= 4 is 23.7 Å². The zero-order valence-corrected chi connectivity index (χ0v) is 11.5. The van der Waals surface area contributed by atoms with Gasteiger partial charge in [-0.15, -0.1) is 0 Å². The predicted molar refractivity (Wildman–Crippen MR) is 72.8 cm³/mol. The lowest BCUT2D eigenvalue weighted by atomic mass is 10.1. The first-order chi connectivity index (χ1) is 9.90. The van der Waals surface area contributed by atoms with Crippen molar-refractivity contribution in [3.8, 4) is 0 Å². The van der Waals surface area contributed by atoms with E-state index in [0.717, 1.165) is 12.3 Å². The van der Waals surface area contributed by atoms with Crippen molar-refractivity contribution in [2.45, 2.75) is 20.3 Å². The molecule has 0 bridgehead atoms. The minimum atomic E-state index is -1.32. The Balaban J connectivity index is 3.31. The second kappa shape index (κ2) is 7.13. The van der Waals surface area contributed by atoms with Gasteiger partial charge >= 0.3 is 11.9 Å². The number of carboxylic acid groups (broad SMARTS) is 1. The molecule has 21 heavy (non-hydrogen) atoms. The molecule has 0 aliphatic rings. The van der Waals surface area contributed by atoms with Gasteiger partial charge in [0, 0.05) is 17.8 Å². The fourth-order valence-electron chi connectivity index (χ4n) is 1.53.